The molecular weight excluding hydrogens is 488 g/mol. The molecule has 2 amide bonds. The highest BCUT2D eigenvalue weighted by Gasteiger charge is 2.39. The second kappa shape index (κ2) is 10.1. The first-order chi connectivity index (χ1) is 17.5. The van der Waals surface area contributed by atoms with Crippen LogP contribution in [0.15, 0.2) is 79.4 Å². The normalized spacial score (nSPS) is 14.2. The Morgan fingerprint density at radius 1 is 1.00 bits per heavy atom. The van der Waals surface area contributed by atoms with Gasteiger partial charge in [0.15, 0.2) is 0 Å². The lowest BCUT2D eigenvalue weighted by Crippen LogP contribution is -2.44. The quantitative estimate of drug-likeness (QED) is 0.275. The van der Waals surface area contributed by atoms with Crippen LogP contribution in [-0.2, 0) is 15.1 Å². The number of halogens is 4. The van der Waals surface area contributed by atoms with Gasteiger partial charge in [-0.15, -0.1) is 6.58 Å². The summed E-state index contributed by atoms with van der Waals surface area (Å²) in [6.07, 6.45) is -4.48. The van der Waals surface area contributed by atoms with E-state index in [2.05, 4.69) is 11.9 Å². The molecular formula is C28H24F4N2O3. The number of anilines is 1. The zero-order valence-electron chi connectivity index (χ0n) is 19.9. The minimum absolute atomic E-state index is 0.0220. The molecule has 0 fully saturated rings. The molecule has 0 aromatic heterocycles. The van der Waals surface area contributed by atoms with E-state index < -0.39 is 29.5 Å². The number of nitrogens with one attached hydrogen (secondary N) is 2. The van der Waals surface area contributed by atoms with Gasteiger partial charge in [-0.2, -0.15) is 13.2 Å². The summed E-state index contributed by atoms with van der Waals surface area (Å²) in [5.74, 6) is -3.17. The summed E-state index contributed by atoms with van der Waals surface area (Å²) in [4.78, 5) is 24.2. The molecule has 2 N–H and O–H groups in total. The monoisotopic (exact) mass is 512 g/mol. The lowest BCUT2D eigenvalue weighted by atomic mass is 9.88. The van der Waals surface area contributed by atoms with Gasteiger partial charge in [0.1, 0.15) is 12.4 Å². The maximum atomic E-state index is 14.8. The molecule has 1 atom stereocenters. The summed E-state index contributed by atoms with van der Waals surface area (Å²) < 4.78 is 58.4. The SMILES string of the molecule is C=CC[C@](C)(NC(=O)OCC1c2ccccc2-c2ccccc21)c1cc(NC(=O)C(F)(F)F)ccc1F. The highest BCUT2D eigenvalue weighted by molar-refractivity contribution is 5.95. The number of alkyl carbamates (subject to hydrolysis) is 1. The molecule has 0 spiro atoms. The molecule has 37 heavy (non-hydrogen) atoms. The average Bonchev–Trinajstić information content (AvgIpc) is 3.17. The molecule has 0 bridgehead atoms. The lowest BCUT2D eigenvalue weighted by molar-refractivity contribution is -0.167. The van der Waals surface area contributed by atoms with E-state index in [1.807, 2.05) is 48.5 Å². The van der Waals surface area contributed by atoms with Gasteiger partial charge in [0.2, 0.25) is 0 Å². The summed E-state index contributed by atoms with van der Waals surface area (Å²) in [6.45, 7) is 5.15. The van der Waals surface area contributed by atoms with Gasteiger partial charge in [-0.05, 0) is 53.8 Å². The van der Waals surface area contributed by atoms with Gasteiger partial charge in [0, 0.05) is 17.2 Å². The minimum atomic E-state index is -5.11. The number of ether oxygens (including phenoxy) is 1. The molecule has 5 nitrogen and oxygen atoms in total. The van der Waals surface area contributed by atoms with Crippen molar-refractivity contribution in [2.75, 3.05) is 11.9 Å². The summed E-state index contributed by atoms with van der Waals surface area (Å²) >= 11 is 0. The molecule has 3 aromatic rings. The van der Waals surface area contributed by atoms with Crippen LogP contribution in [0.25, 0.3) is 11.1 Å². The van der Waals surface area contributed by atoms with Crippen LogP contribution >= 0.6 is 0 Å². The predicted octanol–water partition coefficient (Wildman–Crippen LogP) is 6.66. The largest absolute Gasteiger partial charge is 0.471 e. The summed E-state index contributed by atoms with van der Waals surface area (Å²) in [5.41, 5.74) is 2.32. The zero-order valence-corrected chi connectivity index (χ0v) is 19.9. The van der Waals surface area contributed by atoms with Crippen molar-refractivity contribution < 1.29 is 31.9 Å². The number of fused-ring (bicyclic) bond motifs is 3. The molecule has 192 valence electrons. The molecule has 1 aliphatic rings. The lowest BCUT2D eigenvalue weighted by Gasteiger charge is -2.31. The molecule has 0 heterocycles. The van der Waals surface area contributed by atoms with Crippen molar-refractivity contribution in [3.63, 3.8) is 0 Å². The second-order valence-corrected chi connectivity index (χ2v) is 8.92. The third kappa shape index (κ3) is 5.35. The number of rotatable bonds is 7. The number of amides is 2. The van der Waals surface area contributed by atoms with Gasteiger partial charge < -0.3 is 15.4 Å². The molecule has 3 aromatic carbocycles. The smallest absolute Gasteiger partial charge is 0.449 e. The van der Waals surface area contributed by atoms with Crippen LogP contribution in [-0.4, -0.2) is 24.8 Å². The predicted molar refractivity (Wildman–Crippen MR) is 131 cm³/mol. The molecule has 0 saturated heterocycles. The Bertz CT molecular complexity index is 1310. The molecule has 0 radical (unpaired) electrons. The Labute approximate surface area is 211 Å². The average molecular weight is 513 g/mol. The van der Waals surface area contributed by atoms with Crippen molar-refractivity contribution in [3.05, 3.63) is 102 Å². The number of hydrogen-bond acceptors (Lipinski definition) is 3. The topological polar surface area (TPSA) is 67.4 Å². The number of alkyl halides is 3. The first-order valence-corrected chi connectivity index (χ1v) is 11.5. The van der Waals surface area contributed by atoms with Crippen molar-refractivity contribution >= 4 is 17.7 Å². The third-order valence-corrected chi connectivity index (χ3v) is 6.35. The molecule has 0 aliphatic heterocycles. The number of benzene rings is 3. The van der Waals surface area contributed by atoms with Crippen LogP contribution in [0.3, 0.4) is 0 Å². The van der Waals surface area contributed by atoms with Crippen molar-refractivity contribution in [2.45, 2.75) is 31.0 Å². The number of hydrogen-bond donors (Lipinski definition) is 2. The van der Waals surface area contributed by atoms with Crippen molar-refractivity contribution in [3.8, 4) is 11.1 Å². The Balaban J connectivity index is 1.53. The number of carbonyl (C=O) groups is 2. The van der Waals surface area contributed by atoms with Crippen LogP contribution in [0.4, 0.5) is 28.0 Å². The van der Waals surface area contributed by atoms with Gasteiger partial charge in [0.25, 0.3) is 0 Å². The van der Waals surface area contributed by atoms with Crippen LogP contribution in [0, 0.1) is 5.82 Å². The van der Waals surface area contributed by atoms with Gasteiger partial charge in [-0.1, -0.05) is 54.6 Å². The summed E-state index contributed by atoms with van der Waals surface area (Å²) in [5, 5.41) is 4.32. The zero-order chi connectivity index (χ0) is 26.8. The Hall–Kier alpha value is -4.14. The number of carbonyl (C=O) groups excluding carboxylic acids is 2. The summed E-state index contributed by atoms with van der Waals surface area (Å²) in [6, 6.07) is 18.6. The first-order valence-electron chi connectivity index (χ1n) is 11.5. The van der Waals surface area contributed by atoms with E-state index in [0.717, 1.165) is 40.5 Å². The second-order valence-electron chi connectivity index (χ2n) is 8.92. The van der Waals surface area contributed by atoms with E-state index in [1.54, 1.807) is 5.32 Å². The van der Waals surface area contributed by atoms with Crippen molar-refractivity contribution in [1.82, 2.24) is 5.32 Å². The van der Waals surface area contributed by atoms with Crippen molar-refractivity contribution in [2.24, 2.45) is 0 Å². The molecule has 0 unspecified atom stereocenters. The molecule has 9 heteroatoms. The maximum Gasteiger partial charge on any atom is 0.471 e. The molecule has 4 rings (SSSR count). The van der Waals surface area contributed by atoms with Gasteiger partial charge in [0.05, 0.1) is 5.54 Å². The Morgan fingerprint density at radius 3 is 2.16 bits per heavy atom. The van der Waals surface area contributed by atoms with Crippen LogP contribution in [0.2, 0.25) is 0 Å². The van der Waals surface area contributed by atoms with Crippen LogP contribution in [0.5, 0.6) is 0 Å². The van der Waals surface area contributed by atoms with E-state index in [1.165, 1.54) is 13.0 Å². The maximum absolute atomic E-state index is 14.8. The van der Waals surface area contributed by atoms with Gasteiger partial charge >= 0.3 is 18.2 Å². The third-order valence-electron chi connectivity index (χ3n) is 6.35. The fraction of sp³-hybridized carbons (Fsp3) is 0.214. The van der Waals surface area contributed by atoms with E-state index in [0.29, 0.717) is 0 Å². The Morgan fingerprint density at radius 2 is 1.59 bits per heavy atom. The molecule has 0 saturated carbocycles. The van der Waals surface area contributed by atoms with E-state index >= 15 is 0 Å². The Kier molecular flexibility index (Phi) is 7.07. The first kappa shape index (κ1) is 25.9. The van der Waals surface area contributed by atoms with Gasteiger partial charge in [-0.25, -0.2) is 9.18 Å². The summed E-state index contributed by atoms with van der Waals surface area (Å²) in [7, 11) is 0. The van der Waals surface area contributed by atoms with E-state index in [4.69, 9.17) is 4.74 Å². The van der Waals surface area contributed by atoms with Crippen molar-refractivity contribution in [1.29, 1.82) is 0 Å². The van der Waals surface area contributed by atoms with Gasteiger partial charge in [-0.3, -0.25) is 4.79 Å². The standard InChI is InChI=1S/C28H24F4N2O3/c1-3-14-27(2,23-15-17(12-13-24(23)29)33-25(35)28(30,31)32)34-26(36)37-16-22-20-10-6-4-8-18(20)19-9-5-7-11-21(19)22/h3-13,15,22H,1,14,16H2,2H3,(H,33,35)(H,34,36)/t27-/m0/s1. The van der Waals surface area contributed by atoms with E-state index in [-0.39, 0.29) is 30.2 Å². The fourth-order valence-corrected chi connectivity index (χ4v) is 4.60. The molecule has 1 aliphatic carbocycles. The highest BCUT2D eigenvalue weighted by atomic mass is 19.4. The fourth-order valence-electron chi connectivity index (χ4n) is 4.60. The minimum Gasteiger partial charge on any atom is -0.449 e. The highest BCUT2D eigenvalue weighted by Crippen LogP contribution is 2.44. The van der Waals surface area contributed by atoms with Crippen LogP contribution < -0.4 is 10.6 Å². The van der Waals surface area contributed by atoms with E-state index in [9.17, 15) is 27.2 Å². The van der Waals surface area contributed by atoms with Crippen LogP contribution in [0.1, 0.15) is 36.0 Å².